The molecule has 0 saturated carbocycles. The Bertz CT molecular complexity index is 1070. The molecule has 0 spiro atoms. The van der Waals surface area contributed by atoms with Gasteiger partial charge < -0.3 is 20.5 Å². The molecule has 3 rings (SSSR count). The Labute approximate surface area is 187 Å². The molecule has 3 N–H and O–H groups in total. The molecule has 1 heterocycles. The van der Waals surface area contributed by atoms with Crippen molar-refractivity contribution >= 4 is 40.7 Å². The summed E-state index contributed by atoms with van der Waals surface area (Å²) >= 11 is 6.92. The number of benzene rings is 2. The first-order valence-electron chi connectivity index (χ1n) is 9.23. The predicted molar refractivity (Wildman–Crippen MR) is 118 cm³/mol. The van der Waals surface area contributed by atoms with E-state index in [1.54, 1.807) is 48.5 Å². The number of halogens is 1. The van der Waals surface area contributed by atoms with E-state index in [1.807, 2.05) is 18.2 Å². The number of nitrogens with two attached hydrogens (primary N) is 1. The standard InChI is InChI=1S/C22H19ClN2O5S/c23-20-10-9-19(31-20)18(26)13-29-21(27)12-17(25-22(24)28)14-5-4-8-16(11-14)30-15-6-2-1-3-7-15/h1-11,17H,12-13H2,(H3,24,25,28). The number of rotatable bonds is 9. The molecule has 31 heavy (non-hydrogen) atoms. The Morgan fingerprint density at radius 1 is 1.00 bits per heavy atom. The molecule has 1 atom stereocenters. The fourth-order valence-electron chi connectivity index (χ4n) is 2.75. The zero-order chi connectivity index (χ0) is 22.2. The Kier molecular flexibility index (Phi) is 7.64. The Morgan fingerprint density at radius 3 is 2.42 bits per heavy atom. The number of Topliss-reactive ketones (excluding diaryl/α,β-unsaturated/α-hetero) is 1. The molecular weight excluding hydrogens is 440 g/mol. The van der Waals surface area contributed by atoms with Crippen molar-refractivity contribution in [2.45, 2.75) is 12.5 Å². The van der Waals surface area contributed by atoms with Gasteiger partial charge in [0.1, 0.15) is 11.5 Å². The van der Waals surface area contributed by atoms with Gasteiger partial charge >= 0.3 is 12.0 Å². The number of nitrogens with one attached hydrogen (secondary N) is 1. The van der Waals surface area contributed by atoms with E-state index in [2.05, 4.69) is 5.32 Å². The average Bonchev–Trinajstić information content (AvgIpc) is 3.18. The molecule has 7 nitrogen and oxygen atoms in total. The summed E-state index contributed by atoms with van der Waals surface area (Å²) in [5, 5.41) is 2.52. The number of carbonyl (C=O) groups excluding carboxylic acids is 3. The first-order valence-corrected chi connectivity index (χ1v) is 10.4. The monoisotopic (exact) mass is 458 g/mol. The number of thiophene rings is 1. The third-order valence-corrected chi connectivity index (χ3v) is 5.41. The Hall–Kier alpha value is -3.36. The van der Waals surface area contributed by atoms with Crippen LogP contribution in [0.15, 0.2) is 66.7 Å². The minimum atomic E-state index is -0.795. The van der Waals surface area contributed by atoms with Gasteiger partial charge in [0.2, 0.25) is 5.78 Å². The SMILES string of the molecule is NC(=O)NC(CC(=O)OCC(=O)c1ccc(Cl)s1)c1cccc(Oc2ccccc2)c1. The van der Waals surface area contributed by atoms with Crippen LogP contribution in [0.1, 0.15) is 27.7 Å². The summed E-state index contributed by atoms with van der Waals surface area (Å²) in [5.74, 6) is 0.149. The minimum Gasteiger partial charge on any atom is -0.457 e. The summed E-state index contributed by atoms with van der Waals surface area (Å²) in [5.41, 5.74) is 5.87. The third-order valence-electron chi connectivity index (χ3n) is 4.14. The van der Waals surface area contributed by atoms with Crippen LogP contribution in [0.25, 0.3) is 0 Å². The lowest BCUT2D eigenvalue weighted by atomic mass is 10.0. The maximum atomic E-state index is 12.3. The van der Waals surface area contributed by atoms with Crippen molar-refractivity contribution in [3.05, 3.63) is 81.5 Å². The van der Waals surface area contributed by atoms with Gasteiger partial charge in [0.25, 0.3) is 0 Å². The van der Waals surface area contributed by atoms with Gasteiger partial charge in [-0.2, -0.15) is 0 Å². The van der Waals surface area contributed by atoms with Crippen molar-refractivity contribution in [3.8, 4) is 11.5 Å². The highest BCUT2D eigenvalue weighted by atomic mass is 35.5. The van der Waals surface area contributed by atoms with Crippen LogP contribution < -0.4 is 15.8 Å². The molecule has 1 aromatic heterocycles. The lowest BCUT2D eigenvalue weighted by molar-refractivity contribution is -0.143. The Balaban J connectivity index is 1.65. The maximum absolute atomic E-state index is 12.3. The molecule has 0 aliphatic heterocycles. The van der Waals surface area contributed by atoms with Crippen molar-refractivity contribution < 1.29 is 23.9 Å². The van der Waals surface area contributed by atoms with E-state index in [4.69, 9.17) is 26.8 Å². The third kappa shape index (κ3) is 6.84. The second kappa shape index (κ2) is 10.6. The van der Waals surface area contributed by atoms with E-state index in [0.29, 0.717) is 26.3 Å². The van der Waals surface area contributed by atoms with Crippen molar-refractivity contribution in [2.75, 3.05) is 6.61 Å². The van der Waals surface area contributed by atoms with Crippen molar-refractivity contribution in [1.82, 2.24) is 5.32 Å². The van der Waals surface area contributed by atoms with Gasteiger partial charge in [-0.25, -0.2) is 4.79 Å². The smallest absolute Gasteiger partial charge is 0.312 e. The summed E-state index contributed by atoms with van der Waals surface area (Å²) in [6.07, 6.45) is -0.212. The first-order chi connectivity index (χ1) is 14.9. The lowest BCUT2D eigenvalue weighted by Gasteiger charge is -2.18. The summed E-state index contributed by atoms with van der Waals surface area (Å²) in [6.45, 7) is -0.421. The van der Waals surface area contributed by atoms with Crippen molar-refractivity contribution in [3.63, 3.8) is 0 Å². The quantitative estimate of drug-likeness (QED) is 0.356. The number of hydrogen-bond acceptors (Lipinski definition) is 6. The molecule has 2 amide bonds. The van der Waals surface area contributed by atoms with Gasteiger partial charge in [-0.15, -0.1) is 11.3 Å². The molecule has 0 bridgehead atoms. The molecule has 9 heteroatoms. The number of ether oxygens (including phenoxy) is 2. The summed E-state index contributed by atoms with van der Waals surface area (Å²) in [4.78, 5) is 36.2. The first kappa shape index (κ1) is 22.3. The normalized spacial score (nSPS) is 11.4. The lowest BCUT2D eigenvalue weighted by Crippen LogP contribution is -2.34. The van der Waals surface area contributed by atoms with E-state index in [9.17, 15) is 14.4 Å². The molecule has 1 unspecified atom stereocenters. The second-order valence-electron chi connectivity index (χ2n) is 6.44. The van der Waals surface area contributed by atoms with Gasteiger partial charge in [-0.1, -0.05) is 41.9 Å². The van der Waals surface area contributed by atoms with Gasteiger partial charge in [0, 0.05) is 0 Å². The number of ketones is 1. The fourth-order valence-corrected chi connectivity index (χ4v) is 3.72. The van der Waals surface area contributed by atoms with E-state index < -0.39 is 24.6 Å². The number of amides is 2. The topological polar surface area (TPSA) is 108 Å². The summed E-state index contributed by atoms with van der Waals surface area (Å²) in [6, 6.07) is 17.7. The highest BCUT2D eigenvalue weighted by Crippen LogP contribution is 2.26. The number of carbonyl (C=O) groups is 3. The molecule has 0 fully saturated rings. The molecule has 160 valence electrons. The van der Waals surface area contributed by atoms with Gasteiger partial charge in [0.05, 0.1) is 21.7 Å². The van der Waals surface area contributed by atoms with Crippen LogP contribution in [0, 0.1) is 0 Å². The van der Waals surface area contributed by atoms with Crippen LogP contribution in [0.3, 0.4) is 0 Å². The highest BCUT2D eigenvalue weighted by molar-refractivity contribution is 7.18. The summed E-state index contributed by atoms with van der Waals surface area (Å²) in [7, 11) is 0. The maximum Gasteiger partial charge on any atom is 0.312 e. The highest BCUT2D eigenvalue weighted by Gasteiger charge is 2.20. The molecule has 0 saturated heterocycles. The average molecular weight is 459 g/mol. The van der Waals surface area contributed by atoms with Crippen LogP contribution >= 0.6 is 22.9 Å². The van der Waals surface area contributed by atoms with Crippen LogP contribution in [0.2, 0.25) is 4.34 Å². The van der Waals surface area contributed by atoms with E-state index in [0.717, 1.165) is 11.3 Å². The van der Waals surface area contributed by atoms with E-state index in [1.165, 1.54) is 0 Å². The molecule has 2 aromatic carbocycles. The largest absolute Gasteiger partial charge is 0.457 e. The Morgan fingerprint density at radius 2 is 1.74 bits per heavy atom. The zero-order valence-electron chi connectivity index (χ0n) is 16.2. The van der Waals surface area contributed by atoms with Crippen LogP contribution in [-0.4, -0.2) is 24.4 Å². The number of hydrogen-bond donors (Lipinski definition) is 2. The number of primary amides is 1. The number of urea groups is 1. The van der Waals surface area contributed by atoms with Crippen LogP contribution in [0.4, 0.5) is 4.79 Å². The van der Waals surface area contributed by atoms with E-state index in [-0.39, 0.29) is 12.2 Å². The predicted octanol–water partition coefficient (Wildman–Crippen LogP) is 4.72. The molecule has 3 aromatic rings. The zero-order valence-corrected chi connectivity index (χ0v) is 17.8. The number of esters is 1. The second-order valence-corrected chi connectivity index (χ2v) is 8.16. The van der Waals surface area contributed by atoms with Crippen LogP contribution in [0.5, 0.6) is 11.5 Å². The van der Waals surface area contributed by atoms with Gasteiger partial charge in [0.15, 0.2) is 6.61 Å². The molecule has 0 aliphatic rings. The van der Waals surface area contributed by atoms with Crippen molar-refractivity contribution in [2.24, 2.45) is 5.73 Å². The van der Waals surface area contributed by atoms with Gasteiger partial charge in [-0.3, -0.25) is 9.59 Å². The minimum absolute atomic E-state index is 0.212. The molecule has 0 aliphatic carbocycles. The number of para-hydroxylation sites is 1. The molecular formula is C22H19ClN2O5S. The van der Waals surface area contributed by atoms with Gasteiger partial charge in [-0.05, 0) is 42.0 Å². The van der Waals surface area contributed by atoms with Crippen LogP contribution in [-0.2, 0) is 9.53 Å². The molecule has 0 radical (unpaired) electrons. The van der Waals surface area contributed by atoms with Crippen molar-refractivity contribution in [1.29, 1.82) is 0 Å². The van der Waals surface area contributed by atoms with E-state index >= 15 is 0 Å². The fraction of sp³-hybridized carbons (Fsp3) is 0.136. The summed E-state index contributed by atoms with van der Waals surface area (Å²) < 4.78 is 11.3.